The Balaban J connectivity index is 1.87. The number of fused-ring (bicyclic) bond motifs is 3. The number of carbonyl (C=O) groups is 1. The number of amides is 1. The van der Waals surface area contributed by atoms with Crippen molar-refractivity contribution in [1.82, 2.24) is 23.8 Å². The van der Waals surface area contributed by atoms with Gasteiger partial charge in [-0.25, -0.2) is 22.8 Å². The lowest BCUT2D eigenvalue weighted by Gasteiger charge is -2.21. The van der Waals surface area contributed by atoms with Gasteiger partial charge in [0.2, 0.25) is 10.0 Å². The van der Waals surface area contributed by atoms with E-state index in [0.717, 1.165) is 10.5 Å². The molecule has 0 saturated heterocycles. The maximum atomic E-state index is 13.8. The van der Waals surface area contributed by atoms with Gasteiger partial charge < -0.3 is 10.5 Å². The Morgan fingerprint density at radius 1 is 1.12 bits per heavy atom. The zero-order valence-corrected chi connectivity index (χ0v) is 16.6. The summed E-state index contributed by atoms with van der Waals surface area (Å²) in [6.45, 7) is -0.968. The number of imidazole rings is 1. The summed E-state index contributed by atoms with van der Waals surface area (Å²) in [6.07, 6.45) is -1.56. The molecule has 0 fully saturated rings. The third kappa shape index (κ3) is 3.87. The van der Waals surface area contributed by atoms with Crippen molar-refractivity contribution in [1.29, 1.82) is 0 Å². The summed E-state index contributed by atoms with van der Waals surface area (Å²) in [6, 6.07) is 1.61. The first-order chi connectivity index (χ1) is 15.0. The number of hydrogen-bond donors (Lipinski definition) is 1. The van der Waals surface area contributed by atoms with Crippen LogP contribution in [0, 0.1) is 5.82 Å². The molecule has 3 heterocycles. The first-order valence-corrected chi connectivity index (χ1v) is 10.1. The Morgan fingerprint density at radius 2 is 1.84 bits per heavy atom. The Labute approximate surface area is 177 Å². The maximum absolute atomic E-state index is 13.8. The fourth-order valence-corrected chi connectivity index (χ4v) is 4.63. The number of primary amides is 1. The highest BCUT2D eigenvalue weighted by Gasteiger charge is 2.38. The Bertz CT molecular complexity index is 1320. The summed E-state index contributed by atoms with van der Waals surface area (Å²) < 4.78 is 84.5. The molecule has 168 valence electrons. The Hall–Kier alpha value is -3.59. The topological polar surface area (TPSA) is 133 Å². The molecular weight excluding hydrogens is 460 g/mol. The molecule has 1 aromatic carbocycles. The third-order valence-electron chi connectivity index (χ3n) is 4.44. The van der Waals surface area contributed by atoms with E-state index in [0.29, 0.717) is 18.2 Å². The van der Waals surface area contributed by atoms with Crippen molar-refractivity contribution in [3.8, 4) is 11.6 Å². The number of halogens is 4. The molecule has 1 aliphatic rings. The van der Waals surface area contributed by atoms with E-state index in [1.165, 1.54) is 17.0 Å². The number of ether oxygens (including phenoxy) is 1. The molecule has 0 unspecified atom stereocenters. The van der Waals surface area contributed by atoms with E-state index in [-0.39, 0.29) is 23.0 Å². The van der Waals surface area contributed by atoms with Crippen LogP contribution in [0.15, 0.2) is 41.7 Å². The number of hydrogen-bond acceptors (Lipinski definition) is 7. The van der Waals surface area contributed by atoms with Crippen LogP contribution in [0.3, 0.4) is 0 Å². The fourth-order valence-electron chi connectivity index (χ4n) is 3.15. The van der Waals surface area contributed by atoms with E-state index >= 15 is 0 Å². The normalized spacial score (nSPS) is 14.4. The first kappa shape index (κ1) is 21.6. The number of rotatable bonds is 4. The smallest absolute Gasteiger partial charge is 0.404 e. The van der Waals surface area contributed by atoms with E-state index in [9.17, 15) is 30.8 Å². The molecule has 3 aromatic rings. The largest absolute Gasteiger partial charge is 0.573 e. The van der Waals surface area contributed by atoms with Crippen molar-refractivity contribution in [2.45, 2.75) is 24.3 Å². The molecule has 32 heavy (non-hydrogen) atoms. The summed E-state index contributed by atoms with van der Waals surface area (Å²) in [7, 11) is -4.78. The second kappa shape index (κ2) is 7.52. The van der Waals surface area contributed by atoms with Crippen LogP contribution in [0.25, 0.3) is 5.82 Å². The maximum Gasteiger partial charge on any atom is 0.573 e. The van der Waals surface area contributed by atoms with Crippen molar-refractivity contribution in [2.24, 2.45) is 5.73 Å². The molecule has 2 N–H and O–H groups in total. The van der Waals surface area contributed by atoms with Crippen molar-refractivity contribution < 1.29 is 35.5 Å². The highest BCUT2D eigenvalue weighted by Crippen LogP contribution is 2.34. The molecule has 2 aromatic heterocycles. The van der Waals surface area contributed by atoms with Gasteiger partial charge in [0.15, 0.2) is 5.82 Å². The second-order valence-electron chi connectivity index (χ2n) is 6.50. The van der Waals surface area contributed by atoms with Gasteiger partial charge in [-0.05, 0) is 18.2 Å². The van der Waals surface area contributed by atoms with Crippen LogP contribution < -0.4 is 10.5 Å². The lowest BCUT2D eigenvalue weighted by Crippen LogP contribution is -2.31. The minimum atomic E-state index is -5.22. The van der Waals surface area contributed by atoms with Crippen LogP contribution in [-0.2, 0) is 23.1 Å². The van der Waals surface area contributed by atoms with Crippen LogP contribution in [-0.4, -0.2) is 44.5 Å². The minimum Gasteiger partial charge on any atom is -0.404 e. The van der Waals surface area contributed by atoms with Gasteiger partial charge in [-0.3, -0.25) is 14.3 Å². The number of aromatic nitrogens is 4. The van der Waals surface area contributed by atoms with E-state index in [1.54, 1.807) is 0 Å². The summed E-state index contributed by atoms with van der Waals surface area (Å²) in [4.78, 5) is 22.9. The number of nitrogens with zero attached hydrogens (tertiary/aromatic N) is 5. The number of nitrogens with two attached hydrogens (primary N) is 1. The lowest BCUT2D eigenvalue weighted by atomic mass is 10.3. The zero-order valence-electron chi connectivity index (χ0n) is 15.7. The third-order valence-corrected chi connectivity index (χ3v) is 6.26. The molecule has 0 aliphatic carbocycles. The summed E-state index contributed by atoms with van der Waals surface area (Å²) in [5.41, 5.74) is 5.31. The fraction of sp³-hybridized carbons (Fsp3) is 0.176. The average molecular weight is 472 g/mol. The predicted molar refractivity (Wildman–Crippen MR) is 97.2 cm³/mol. The number of alkyl halides is 3. The highest BCUT2D eigenvalue weighted by atomic mass is 32.2. The van der Waals surface area contributed by atoms with Gasteiger partial charge in [-0.1, -0.05) is 0 Å². The van der Waals surface area contributed by atoms with Crippen LogP contribution in [0.5, 0.6) is 5.75 Å². The average Bonchev–Trinajstić information content (AvgIpc) is 3.04. The van der Waals surface area contributed by atoms with Gasteiger partial charge in [0.25, 0.3) is 5.91 Å². The van der Waals surface area contributed by atoms with Crippen molar-refractivity contribution in [2.75, 3.05) is 0 Å². The molecular formula is C17H12F4N6O4S. The highest BCUT2D eigenvalue weighted by molar-refractivity contribution is 7.89. The Morgan fingerprint density at radius 3 is 2.53 bits per heavy atom. The van der Waals surface area contributed by atoms with Crippen LogP contribution in [0.1, 0.15) is 22.0 Å². The second-order valence-corrected chi connectivity index (χ2v) is 8.40. The summed E-state index contributed by atoms with van der Waals surface area (Å²) in [5.74, 6) is -3.01. The van der Waals surface area contributed by atoms with Gasteiger partial charge in [0.1, 0.15) is 28.0 Å². The molecule has 15 heteroatoms. The van der Waals surface area contributed by atoms with Gasteiger partial charge in [-0.2, -0.15) is 4.31 Å². The molecule has 0 bridgehead atoms. The summed E-state index contributed by atoms with van der Waals surface area (Å²) in [5, 5.41) is 0. The minimum absolute atomic E-state index is 0.00341. The number of sulfonamides is 1. The monoisotopic (exact) mass is 472 g/mol. The Kier molecular flexibility index (Phi) is 5.09. The lowest BCUT2D eigenvalue weighted by molar-refractivity contribution is -0.275. The van der Waals surface area contributed by atoms with Crippen LogP contribution >= 0.6 is 0 Å². The molecule has 0 saturated carbocycles. The number of carbonyl (C=O) groups excluding carboxylic acids is 1. The molecule has 10 nitrogen and oxygen atoms in total. The van der Waals surface area contributed by atoms with E-state index in [4.69, 9.17) is 5.73 Å². The standard InChI is InChI=1S/C17H12F4N6O4S/c18-9-1-2-12(31-17(19,20)21)13(5-9)32(29,30)26-7-10-16(24-4-3-23-10)27-11(15(22)28)6-25-14(27)8-26/h1-6H,7-8H2,(H2,22,28). The molecule has 1 amide bonds. The van der Waals surface area contributed by atoms with Crippen molar-refractivity contribution in [3.63, 3.8) is 0 Å². The molecule has 0 atom stereocenters. The molecule has 0 spiro atoms. The molecule has 1 aliphatic heterocycles. The summed E-state index contributed by atoms with van der Waals surface area (Å²) >= 11 is 0. The van der Waals surface area contributed by atoms with Crippen LogP contribution in [0.4, 0.5) is 17.6 Å². The van der Waals surface area contributed by atoms with Gasteiger partial charge in [0.05, 0.1) is 25.0 Å². The predicted octanol–water partition coefficient (Wildman–Crippen LogP) is 1.50. The van der Waals surface area contributed by atoms with Gasteiger partial charge in [-0.15, -0.1) is 13.2 Å². The van der Waals surface area contributed by atoms with Gasteiger partial charge in [0, 0.05) is 12.4 Å². The SMILES string of the molecule is NC(=O)c1cnc2n1-c1nccnc1CN(S(=O)(=O)c1cc(F)ccc1OC(F)(F)F)C2. The van der Waals surface area contributed by atoms with E-state index in [1.807, 2.05) is 0 Å². The van der Waals surface area contributed by atoms with Crippen molar-refractivity contribution >= 4 is 15.9 Å². The van der Waals surface area contributed by atoms with Gasteiger partial charge >= 0.3 is 6.36 Å². The first-order valence-electron chi connectivity index (χ1n) is 8.69. The van der Waals surface area contributed by atoms with Crippen molar-refractivity contribution in [3.05, 3.63) is 59.8 Å². The zero-order chi connectivity index (χ0) is 23.3. The quantitative estimate of drug-likeness (QED) is 0.569. The molecule has 0 radical (unpaired) electrons. The van der Waals surface area contributed by atoms with Crippen LogP contribution in [0.2, 0.25) is 0 Å². The molecule has 4 rings (SSSR count). The number of benzene rings is 1. The van der Waals surface area contributed by atoms with E-state index < -0.39 is 51.8 Å². The van der Waals surface area contributed by atoms with E-state index in [2.05, 4.69) is 19.7 Å².